The van der Waals surface area contributed by atoms with E-state index in [4.69, 9.17) is 16.7 Å². The minimum atomic E-state index is -1.06. The van der Waals surface area contributed by atoms with Crippen LogP contribution in [0.15, 0.2) is 66.7 Å². The average Bonchev–Trinajstić information content (AvgIpc) is 3.02. The number of hydrogen-bond acceptors (Lipinski definition) is 4. The third-order valence-electron chi connectivity index (χ3n) is 4.87. The second kappa shape index (κ2) is 8.04. The second-order valence-electron chi connectivity index (χ2n) is 6.85. The van der Waals surface area contributed by atoms with Crippen LogP contribution in [0.5, 0.6) is 0 Å². The number of aromatic carboxylic acids is 1. The number of anilines is 1. The van der Waals surface area contributed by atoms with Gasteiger partial charge in [-0.25, -0.2) is 9.69 Å². The van der Waals surface area contributed by atoms with Crippen molar-refractivity contribution in [3.63, 3.8) is 0 Å². The molecule has 1 aliphatic heterocycles. The quantitative estimate of drug-likeness (QED) is 0.595. The maximum atomic E-state index is 12.9. The highest BCUT2D eigenvalue weighted by Gasteiger charge is 2.38. The lowest BCUT2D eigenvalue weighted by Gasteiger charge is -2.15. The fourth-order valence-corrected chi connectivity index (χ4v) is 3.55. The Kier molecular flexibility index (Phi) is 5.27. The SMILES string of the molecule is O=C(O)c1cccc(CNC(=O)c2ccc3c(c2)C(=O)N(c2ccccc2Cl)C3=O)c1. The number of carbonyl (C=O) groups excluding carboxylic acids is 3. The molecule has 3 aromatic carbocycles. The number of benzene rings is 3. The van der Waals surface area contributed by atoms with Crippen molar-refractivity contribution in [3.05, 3.63) is 99.6 Å². The number of nitrogens with one attached hydrogen (secondary N) is 1. The second-order valence-corrected chi connectivity index (χ2v) is 7.25. The van der Waals surface area contributed by atoms with Crippen molar-refractivity contribution >= 4 is 41.0 Å². The highest BCUT2D eigenvalue weighted by molar-refractivity contribution is 6.39. The summed E-state index contributed by atoms with van der Waals surface area (Å²) < 4.78 is 0. The first-order chi connectivity index (χ1) is 14.9. The Balaban J connectivity index is 1.54. The molecular weight excluding hydrogens is 420 g/mol. The van der Waals surface area contributed by atoms with Crippen LogP contribution in [0.4, 0.5) is 5.69 Å². The maximum absolute atomic E-state index is 12.9. The Hall–Kier alpha value is -3.97. The summed E-state index contributed by atoms with van der Waals surface area (Å²) in [5.41, 5.74) is 1.52. The Morgan fingerprint density at radius 2 is 1.61 bits per heavy atom. The third-order valence-corrected chi connectivity index (χ3v) is 5.19. The molecule has 1 aliphatic rings. The molecule has 0 bridgehead atoms. The number of halogens is 1. The number of imide groups is 1. The van der Waals surface area contributed by atoms with Crippen LogP contribution in [-0.4, -0.2) is 28.8 Å². The molecule has 31 heavy (non-hydrogen) atoms. The summed E-state index contributed by atoms with van der Waals surface area (Å²) >= 11 is 6.14. The van der Waals surface area contributed by atoms with Gasteiger partial charge in [0, 0.05) is 12.1 Å². The molecule has 3 aromatic rings. The molecule has 154 valence electrons. The summed E-state index contributed by atoms with van der Waals surface area (Å²) in [6.07, 6.45) is 0. The molecule has 0 spiro atoms. The Labute approximate surface area is 181 Å². The minimum absolute atomic E-state index is 0.107. The summed E-state index contributed by atoms with van der Waals surface area (Å²) in [4.78, 5) is 50.2. The van der Waals surface area contributed by atoms with Crippen LogP contribution in [0.1, 0.15) is 47.0 Å². The van der Waals surface area contributed by atoms with Crippen LogP contribution in [0.25, 0.3) is 0 Å². The summed E-state index contributed by atoms with van der Waals surface area (Å²) in [7, 11) is 0. The molecule has 0 radical (unpaired) electrons. The molecule has 0 fully saturated rings. The molecule has 4 rings (SSSR count). The van der Waals surface area contributed by atoms with E-state index in [9.17, 15) is 19.2 Å². The van der Waals surface area contributed by atoms with Crippen molar-refractivity contribution < 1.29 is 24.3 Å². The highest BCUT2D eigenvalue weighted by atomic mass is 35.5. The molecule has 0 aromatic heterocycles. The third kappa shape index (κ3) is 3.78. The molecule has 0 saturated heterocycles. The van der Waals surface area contributed by atoms with E-state index in [1.165, 1.54) is 30.3 Å². The Bertz CT molecular complexity index is 1250. The molecule has 0 aliphatic carbocycles. The summed E-state index contributed by atoms with van der Waals surface area (Å²) in [5.74, 6) is -2.58. The van der Waals surface area contributed by atoms with Gasteiger partial charge in [0.2, 0.25) is 0 Å². The molecular formula is C23H15ClN2O5. The van der Waals surface area contributed by atoms with Gasteiger partial charge in [-0.1, -0.05) is 35.9 Å². The summed E-state index contributed by atoms with van der Waals surface area (Å²) in [6, 6.07) is 17.0. The Morgan fingerprint density at radius 3 is 2.35 bits per heavy atom. The topological polar surface area (TPSA) is 104 Å². The predicted molar refractivity (Wildman–Crippen MR) is 114 cm³/mol. The number of hydrogen-bond donors (Lipinski definition) is 2. The average molecular weight is 435 g/mol. The molecule has 0 saturated carbocycles. The zero-order valence-electron chi connectivity index (χ0n) is 16.0. The van der Waals surface area contributed by atoms with Gasteiger partial charge in [-0.05, 0) is 48.0 Å². The fraction of sp³-hybridized carbons (Fsp3) is 0.0435. The standard InChI is InChI=1S/C23H15ClN2O5/c24-18-6-1-2-7-19(18)26-21(28)16-9-8-14(11-17(16)22(26)29)20(27)25-12-13-4-3-5-15(10-13)23(30)31/h1-11H,12H2,(H,25,27)(H,30,31). The van der Waals surface area contributed by atoms with Crippen molar-refractivity contribution in [3.8, 4) is 0 Å². The smallest absolute Gasteiger partial charge is 0.335 e. The van der Waals surface area contributed by atoms with Crippen LogP contribution >= 0.6 is 11.6 Å². The molecule has 0 atom stereocenters. The van der Waals surface area contributed by atoms with Crippen molar-refractivity contribution in [2.24, 2.45) is 0 Å². The van der Waals surface area contributed by atoms with Gasteiger partial charge in [-0.2, -0.15) is 0 Å². The lowest BCUT2D eigenvalue weighted by molar-refractivity contribution is 0.0696. The van der Waals surface area contributed by atoms with Gasteiger partial charge in [0.25, 0.3) is 17.7 Å². The van der Waals surface area contributed by atoms with Crippen molar-refractivity contribution in [2.75, 3.05) is 4.90 Å². The van der Waals surface area contributed by atoms with Gasteiger partial charge >= 0.3 is 5.97 Å². The number of amides is 3. The van der Waals surface area contributed by atoms with Crippen LogP contribution in [0.2, 0.25) is 5.02 Å². The van der Waals surface area contributed by atoms with E-state index in [0.29, 0.717) is 5.56 Å². The van der Waals surface area contributed by atoms with E-state index in [1.807, 2.05) is 0 Å². The van der Waals surface area contributed by atoms with Crippen molar-refractivity contribution in [1.29, 1.82) is 0 Å². The number of para-hydroxylation sites is 1. The van der Waals surface area contributed by atoms with Gasteiger partial charge in [0.05, 0.1) is 27.4 Å². The lowest BCUT2D eigenvalue weighted by atomic mass is 10.1. The van der Waals surface area contributed by atoms with Gasteiger partial charge in [0.1, 0.15) is 0 Å². The van der Waals surface area contributed by atoms with Crippen molar-refractivity contribution in [1.82, 2.24) is 5.32 Å². The van der Waals surface area contributed by atoms with E-state index in [2.05, 4.69) is 5.32 Å². The minimum Gasteiger partial charge on any atom is -0.478 e. The summed E-state index contributed by atoms with van der Waals surface area (Å²) in [5, 5.41) is 12.0. The van der Waals surface area contributed by atoms with Crippen LogP contribution < -0.4 is 10.2 Å². The monoisotopic (exact) mass is 434 g/mol. The largest absolute Gasteiger partial charge is 0.478 e. The van der Waals surface area contributed by atoms with Gasteiger partial charge in [-0.15, -0.1) is 0 Å². The molecule has 0 unspecified atom stereocenters. The normalized spacial score (nSPS) is 12.6. The number of carboxylic acids is 1. The van der Waals surface area contributed by atoms with Gasteiger partial charge in [-0.3, -0.25) is 14.4 Å². The zero-order chi connectivity index (χ0) is 22.1. The van der Waals surface area contributed by atoms with Crippen molar-refractivity contribution in [2.45, 2.75) is 6.54 Å². The molecule has 7 nitrogen and oxygen atoms in total. The van der Waals surface area contributed by atoms with Crippen LogP contribution in [0, 0.1) is 0 Å². The number of nitrogens with zero attached hydrogens (tertiary/aromatic N) is 1. The summed E-state index contributed by atoms with van der Waals surface area (Å²) in [6.45, 7) is 0.107. The molecule has 8 heteroatoms. The first-order valence-electron chi connectivity index (χ1n) is 9.24. The van der Waals surface area contributed by atoms with E-state index in [0.717, 1.165) is 4.90 Å². The molecule has 2 N–H and O–H groups in total. The number of rotatable bonds is 5. The highest BCUT2D eigenvalue weighted by Crippen LogP contribution is 2.33. The number of carbonyl (C=O) groups is 4. The van der Waals surface area contributed by atoms with E-state index >= 15 is 0 Å². The predicted octanol–water partition coefficient (Wildman–Crippen LogP) is 3.77. The van der Waals surface area contributed by atoms with Crippen LogP contribution in [-0.2, 0) is 6.54 Å². The molecule has 1 heterocycles. The number of carboxylic acid groups (broad SMARTS) is 1. The number of fused-ring (bicyclic) bond motifs is 1. The van der Waals surface area contributed by atoms with Gasteiger partial charge in [0.15, 0.2) is 0 Å². The van der Waals surface area contributed by atoms with E-state index < -0.39 is 23.7 Å². The van der Waals surface area contributed by atoms with Gasteiger partial charge < -0.3 is 10.4 Å². The maximum Gasteiger partial charge on any atom is 0.335 e. The van der Waals surface area contributed by atoms with E-state index in [1.54, 1.807) is 36.4 Å². The van der Waals surface area contributed by atoms with E-state index in [-0.39, 0.29) is 39.5 Å². The fourth-order valence-electron chi connectivity index (χ4n) is 3.33. The first kappa shape index (κ1) is 20.3. The van der Waals surface area contributed by atoms with Crippen LogP contribution in [0.3, 0.4) is 0 Å². The zero-order valence-corrected chi connectivity index (χ0v) is 16.7. The Morgan fingerprint density at radius 1 is 0.871 bits per heavy atom. The lowest BCUT2D eigenvalue weighted by Crippen LogP contribution is -2.29. The molecule has 3 amide bonds. The first-order valence-corrected chi connectivity index (χ1v) is 9.62.